The van der Waals surface area contributed by atoms with Crippen LogP contribution < -0.4 is 0 Å². The largest absolute Gasteiger partial charge is 0.480 e. The van der Waals surface area contributed by atoms with Gasteiger partial charge in [0.1, 0.15) is 6.61 Å². The van der Waals surface area contributed by atoms with Gasteiger partial charge in [0.25, 0.3) is 0 Å². The summed E-state index contributed by atoms with van der Waals surface area (Å²) in [5.74, 6) is -0.152. The van der Waals surface area contributed by atoms with Crippen molar-refractivity contribution >= 4 is 5.97 Å². The van der Waals surface area contributed by atoms with Crippen LogP contribution in [0.2, 0.25) is 0 Å². The van der Waals surface area contributed by atoms with Crippen LogP contribution in [0.4, 0.5) is 0 Å². The van der Waals surface area contributed by atoms with Crippen LogP contribution in [0, 0.1) is 16.7 Å². The topological polar surface area (TPSA) is 46.5 Å². The Morgan fingerprint density at radius 3 is 2.53 bits per heavy atom. The van der Waals surface area contributed by atoms with Crippen LogP contribution >= 0.6 is 0 Å². The highest BCUT2D eigenvalue weighted by Gasteiger charge is 2.61. The molecular weight excluding hydrogens is 192 g/mol. The molecule has 2 saturated carbocycles. The molecule has 0 spiro atoms. The van der Waals surface area contributed by atoms with Crippen molar-refractivity contribution in [3.63, 3.8) is 0 Å². The maximum Gasteiger partial charge on any atom is 0.329 e. The number of hydrogen-bond acceptors (Lipinski definition) is 2. The van der Waals surface area contributed by atoms with Crippen LogP contribution in [0.25, 0.3) is 0 Å². The maximum atomic E-state index is 10.5. The Kier molecular flexibility index (Phi) is 2.34. The summed E-state index contributed by atoms with van der Waals surface area (Å²) >= 11 is 0. The van der Waals surface area contributed by atoms with E-state index in [9.17, 15) is 4.79 Å². The number of ether oxygens (including phenoxy) is 1. The third kappa shape index (κ3) is 1.40. The van der Waals surface area contributed by atoms with Gasteiger partial charge in [0, 0.05) is 0 Å². The highest BCUT2D eigenvalue weighted by atomic mass is 16.5. The van der Waals surface area contributed by atoms with E-state index in [4.69, 9.17) is 9.84 Å². The second-order valence-corrected chi connectivity index (χ2v) is 5.80. The Bertz CT molecular complexity index is 285. The van der Waals surface area contributed by atoms with Crippen LogP contribution in [-0.2, 0) is 9.53 Å². The van der Waals surface area contributed by atoms with E-state index in [-0.39, 0.29) is 18.1 Å². The van der Waals surface area contributed by atoms with Crippen molar-refractivity contribution < 1.29 is 14.6 Å². The fourth-order valence-corrected chi connectivity index (χ4v) is 3.55. The molecule has 0 amide bonds. The highest BCUT2D eigenvalue weighted by Crippen LogP contribution is 2.66. The summed E-state index contributed by atoms with van der Waals surface area (Å²) in [7, 11) is 0. The maximum absolute atomic E-state index is 10.5. The minimum atomic E-state index is -0.862. The molecule has 0 aromatic carbocycles. The highest BCUT2D eigenvalue weighted by molar-refractivity contribution is 5.68. The van der Waals surface area contributed by atoms with E-state index >= 15 is 0 Å². The third-order valence-corrected chi connectivity index (χ3v) is 5.12. The van der Waals surface area contributed by atoms with Gasteiger partial charge in [-0.2, -0.15) is 0 Å². The van der Waals surface area contributed by atoms with Crippen molar-refractivity contribution in [1.29, 1.82) is 0 Å². The average molecular weight is 212 g/mol. The Morgan fingerprint density at radius 2 is 2.13 bits per heavy atom. The Labute approximate surface area is 90.8 Å². The van der Waals surface area contributed by atoms with E-state index in [2.05, 4.69) is 20.8 Å². The smallest absolute Gasteiger partial charge is 0.329 e. The van der Waals surface area contributed by atoms with E-state index < -0.39 is 5.97 Å². The van der Waals surface area contributed by atoms with Crippen LogP contribution in [-0.4, -0.2) is 23.8 Å². The van der Waals surface area contributed by atoms with Crippen LogP contribution in [0.15, 0.2) is 0 Å². The predicted octanol–water partition coefficient (Wildman–Crippen LogP) is 2.30. The van der Waals surface area contributed by atoms with E-state index in [1.807, 2.05) is 0 Å². The summed E-state index contributed by atoms with van der Waals surface area (Å²) in [5, 5.41) is 8.63. The van der Waals surface area contributed by atoms with Gasteiger partial charge in [0.15, 0.2) is 0 Å². The van der Waals surface area contributed by atoms with Gasteiger partial charge in [-0.25, -0.2) is 4.79 Å². The standard InChI is InChI=1S/C12H20O3/c1-11(2)8-4-5-12(11,3)9(6-8)15-7-10(13)14/h8-9H,4-7H2,1-3H3,(H,13,14). The van der Waals surface area contributed by atoms with Crippen LogP contribution in [0.5, 0.6) is 0 Å². The minimum Gasteiger partial charge on any atom is -0.480 e. The molecule has 0 heterocycles. The van der Waals surface area contributed by atoms with E-state index in [1.54, 1.807) is 0 Å². The van der Waals surface area contributed by atoms with Gasteiger partial charge in [-0.3, -0.25) is 0 Å². The lowest BCUT2D eigenvalue weighted by molar-refractivity contribution is -0.148. The lowest BCUT2D eigenvalue weighted by Gasteiger charge is -2.38. The zero-order valence-electron chi connectivity index (χ0n) is 9.75. The number of aliphatic carboxylic acids is 1. The molecule has 1 N–H and O–H groups in total. The zero-order chi connectivity index (χ0) is 11.3. The number of rotatable bonds is 3. The van der Waals surface area contributed by atoms with Gasteiger partial charge in [0.2, 0.25) is 0 Å². The number of carboxylic acids is 1. The number of hydrogen-bond donors (Lipinski definition) is 1. The molecule has 2 aliphatic carbocycles. The molecule has 0 radical (unpaired) electrons. The molecular formula is C12H20O3. The third-order valence-electron chi connectivity index (χ3n) is 5.12. The fourth-order valence-electron chi connectivity index (χ4n) is 3.55. The average Bonchev–Trinajstić information content (AvgIpc) is 2.46. The quantitative estimate of drug-likeness (QED) is 0.780. The van der Waals surface area contributed by atoms with Gasteiger partial charge < -0.3 is 9.84 Å². The molecule has 15 heavy (non-hydrogen) atoms. The van der Waals surface area contributed by atoms with Gasteiger partial charge in [0.05, 0.1) is 6.10 Å². The number of carboxylic acid groups (broad SMARTS) is 1. The molecule has 2 fully saturated rings. The first-order chi connectivity index (χ1) is 6.88. The Hall–Kier alpha value is -0.570. The number of fused-ring (bicyclic) bond motifs is 2. The van der Waals surface area contributed by atoms with Crippen molar-refractivity contribution in [2.75, 3.05) is 6.61 Å². The first-order valence-corrected chi connectivity index (χ1v) is 5.71. The first kappa shape index (κ1) is 10.9. The van der Waals surface area contributed by atoms with Gasteiger partial charge >= 0.3 is 5.97 Å². The molecule has 0 aliphatic heterocycles. The van der Waals surface area contributed by atoms with E-state index in [0.717, 1.165) is 6.42 Å². The molecule has 2 bridgehead atoms. The molecule has 3 heteroatoms. The molecule has 2 rings (SSSR count). The molecule has 3 nitrogen and oxygen atoms in total. The van der Waals surface area contributed by atoms with E-state index in [1.165, 1.54) is 12.8 Å². The Balaban J connectivity index is 2.09. The normalized spacial score (nSPS) is 42.1. The summed E-state index contributed by atoms with van der Waals surface area (Å²) < 4.78 is 5.54. The van der Waals surface area contributed by atoms with Crippen LogP contribution in [0.1, 0.15) is 40.0 Å². The Morgan fingerprint density at radius 1 is 1.47 bits per heavy atom. The van der Waals surface area contributed by atoms with Crippen LogP contribution in [0.3, 0.4) is 0 Å². The summed E-state index contributed by atoms with van der Waals surface area (Å²) in [5.41, 5.74) is 0.475. The summed E-state index contributed by atoms with van der Waals surface area (Å²) in [6, 6.07) is 0. The van der Waals surface area contributed by atoms with Gasteiger partial charge in [-0.15, -0.1) is 0 Å². The molecule has 3 atom stereocenters. The molecule has 0 aromatic heterocycles. The summed E-state index contributed by atoms with van der Waals surface area (Å²) in [6.45, 7) is 6.71. The molecule has 86 valence electrons. The van der Waals surface area contributed by atoms with Gasteiger partial charge in [-0.05, 0) is 36.0 Å². The minimum absolute atomic E-state index is 0.141. The zero-order valence-corrected chi connectivity index (χ0v) is 9.75. The van der Waals surface area contributed by atoms with Crippen molar-refractivity contribution in [2.24, 2.45) is 16.7 Å². The monoisotopic (exact) mass is 212 g/mol. The van der Waals surface area contributed by atoms with Crippen molar-refractivity contribution in [3.05, 3.63) is 0 Å². The molecule has 3 unspecified atom stereocenters. The van der Waals surface area contributed by atoms with E-state index in [0.29, 0.717) is 11.3 Å². The summed E-state index contributed by atoms with van der Waals surface area (Å²) in [4.78, 5) is 10.5. The van der Waals surface area contributed by atoms with Gasteiger partial charge in [-0.1, -0.05) is 20.8 Å². The second kappa shape index (κ2) is 3.21. The predicted molar refractivity (Wildman–Crippen MR) is 56.6 cm³/mol. The molecule has 0 saturated heterocycles. The lowest BCUT2D eigenvalue weighted by Crippen LogP contribution is -2.38. The number of carbonyl (C=O) groups is 1. The van der Waals surface area contributed by atoms with Crippen molar-refractivity contribution in [3.8, 4) is 0 Å². The molecule has 2 aliphatic rings. The fraction of sp³-hybridized carbons (Fsp3) is 0.917. The second-order valence-electron chi connectivity index (χ2n) is 5.80. The first-order valence-electron chi connectivity index (χ1n) is 5.71. The van der Waals surface area contributed by atoms with Crippen molar-refractivity contribution in [2.45, 2.75) is 46.1 Å². The summed E-state index contributed by atoms with van der Waals surface area (Å²) in [6.07, 6.45) is 3.63. The molecule has 0 aromatic rings. The SMILES string of the molecule is CC1(C)C2CCC1(C)C(OCC(=O)O)C2. The van der Waals surface area contributed by atoms with Crippen molar-refractivity contribution in [1.82, 2.24) is 0 Å². The lowest BCUT2D eigenvalue weighted by atomic mass is 9.70.